The van der Waals surface area contributed by atoms with Gasteiger partial charge in [0.05, 0.1) is 5.56 Å². The van der Waals surface area contributed by atoms with Crippen LogP contribution in [0.15, 0.2) is 24.3 Å². The largest absolute Gasteiger partial charge is 0.416 e. The van der Waals surface area contributed by atoms with Gasteiger partial charge in [-0.3, -0.25) is 0 Å². The van der Waals surface area contributed by atoms with Crippen molar-refractivity contribution >= 4 is 15.9 Å². The second-order valence-corrected chi connectivity index (χ2v) is 4.64. The van der Waals surface area contributed by atoms with Gasteiger partial charge < -0.3 is 5.11 Å². The Balaban J connectivity index is 3.26. The second kappa shape index (κ2) is 4.20. The van der Waals surface area contributed by atoms with E-state index in [0.29, 0.717) is 6.07 Å². The van der Waals surface area contributed by atoms with Crippen molar-refractivity contribution in [1.82, 2.24) is 0 Å². The van der Waals surface area contributed by atoms with Crippen LogP contribution in [0, 0.1) is 0 Å². The van der Waals surface area contributed by atoms with E-state index in [-0.39, 0.29) is 0 Å². The average Bonchev–Trinajstić information content (AvgIpc) is 2.15. The summed E-state index contributed by atoms with van der Waals surface area (Å²) >= 11 is 1.95. The first-order valence-corrected chi connectivity index (χ1v) is 5.22. The van der Waals surface area contributed by atoms with Crippen molar-refractivity contribution in [2.75, 3.05) is 0 Å². The van der Waals surface area contributed by atoms with Gasteiger partial charge in [0.15, 0.2) is 5.60 Å². The van der Waals surface area contributed by atoms with Gasteiger partial charge >= 0.3 is 11.0 Å². The highest BCUT2D eigenvalue weighted by molar-refractivity contribution is 9.10. The molecule has 0 aromatic heterocycles. The van der Waals surface area contributed by atoms with Crippen LogP contribution >= 0.6 is 15.9 Å². The highest BCUT2D eigenvalue weighted by Crippen LogP contribution is 2.43. The van der Waals surface area contributed by atoms with E-state index in [4.69, 9.17) is 0 Å². The van der Waals surface area contributed by atoms with Gasteiger partial charge in [-0.05, 0) is 40.5 Å². The highest BCUT2D eigenvalue weighted by Gasteiger charge is 2.48. The second-order valence-electron chi connectivity index (χ2n) is 3.65. The predicted octanol–water partition coefficient (Wildman–Crippen LogP) is 3.90. The molecule has 0 saturated carbocycles. The Bertz CT molecular complexity index is 408. The van der Waals surface area contributed by atoms with Crippen LogP contribution in [0.3, 0.4) is 0 Å². The minimum absolute atomic E-state index is 0.495. The van der Waals surface area contributed by atoms with E-state index in [0.717, 1.165) is 25.1 Å². The molecule has 0 aliphatic carbocycles. The number of hydrogen-bond donors (Lipinski definition) is 1. The first-order valence-electron chi connectivity index (χ1n) is 4.43. The quantitative estimate of drug-likeness (QED) is 0.647. The van der Waals surface area contributed by atoms with Gasteiger partial charge in [0.1, 0.15) is 0 Å². The zero-order valence-corrected chi connectivity index (χ0v) is 10.1. The number of halogens is 6. The molecule has 0 spiro atoms. The molecular weight excluding hydrogens is 311 g/mol. The third kappa shape index (κ3) is 2.95. The van der Waals surface area contributed by atoms with Crippen LogP contribution in [0.1, 0.15) is 18.1 Å². The molecule has 0 amide bonds. The van der Waals surface area contributed by atoms with Crippen molar-refractivity contribution in [2.24, 2.45) is 0 Å². The van der Waals surface area contributed by atoms with Crippen LogP contribution in [0.2, 0.25) is 0 Å². The number of alkyl halides is 6. The molecule has 1 unspecified atom stereocenters. The van der Waals surface area contributed by atoms with Crippen LogP contribution < -0.4 is 0 Å². The monoisotopic (exact) mass is 318 g/mol. The van der Waals surface area contributed by atoms with Gasteiger partial charge in [0.2, 0.25) is 0 Å². The summed E-state index contributed by atoms with van der Waals surface area (Å²) in [5.41, 5.74) is -4.34. The van der Waals surface area contributed by atoms with Crippen LogP contribution in [-0.2, 0) is 11.8 Å². The molecule has 1 aromatic carbocycles. The zero-order chi connectivity index (χ0) is 13.5. The van der Waals surface area contributed by atoms with Crippen molar-refractivity contribution in [3.05, 3.63) is 35.4 Å². The van der Waals surface area contributed by atoms with Crippen LogP contribution in [0.4, 0.5) is 22.0 Å². The van der Waals surface area contributed by atoms with Crippen molar-refractivity contribution < 1.29 is 27.1 Å². The molecule has 1 N–H and O–H groups in total. The summed E-state index contributed by atoms with van der Waals surface area (Å²) < 4.78 is 63.1. The molecule has 0 aliphatic heterocycles. The van der Waals surface area contributed by atoms with Gasteiger partial charge in [0.25, 0.3) is 0 Å². The maximum atomic E-state index is 13.0. The molecule has 0 fully saturated rings. The summed E-state index contributed by atoms with van der Waals surface area (Å²) in [6.45, 7) is 0.733. The molecule has 0 aliphatic rings. The number of rotatable bonds is 2. The molecule has 0 heterocycles. The molecule has 0 bridgehead atoms. The molecule has 96 valence electrons. The van der Waals surface area contributed by atoms with Gasteiger partial charge in [-0.15, -0.1) is 0 Å². The van der Waals surface area contributed by atoms with Crippen molar-refractivity contribution in [3.63, 3.8) is 0 Å². The fraction of sp³-hybridized carbons (Fsp3) is 0.400. The maximum Gasteiger partial charge on any atom is 0.416 e. The van der Waals surface area contributed by atoms with E-state index in [1.807, 2.05) is 15.9 Å². The smallest absolute Gasteiger partial charge is 0.378 e. The molecule has 0 radical (unpaired) electrons. The summed E-state index contributed by atoms with van der Waals surface area (Å²) in [6, 6.07) is 3.21. The molecule has 1 aromatic rings. The Kier molecular flexibility index (Phi) is 3.55. The summed E-state index contributed by atoms with van der Waals surface area (Å²) in [7, 11) is 0. The van der Waals surface area contributed by atoms with E-state index >= 15 is 0 Å². The lowest BCUT2D eigenvalue weighted by atomic mass is 9.95. The minimum Gasteiger partial charge on any atom is -0.378 e. The van der Waals surface area contributed by atoms with Crippen molar-refractivity contribution in [2.45, 2.75) is 23.5 Å². The molecule has 1 rings (SSSR count). The van der Waals surface area contributed by atoms with Crippen molar-refractivity contribution in [1.29, 1.82) is 0 Å². The predicted molar refractivity (Wildman–Crippen MR) is 54.9 cm³/mol. The van der Waals surface area contributed by atoms with Crippen molar-refractivity contribution in [3.8, 4) is 0 Å². The Morgan fingerprint density at radius 1 is 1.06 bits per heavy atom. The third-order valence-electron chi connectivity index (χ3n) is 2.30. The van der Waals surface area contributed by atoms with E-state index in [2.05, 4.69) is 0 Å². The normalized spacial score (nSPS) is 16.7. The zero-order valence-electron chi connectivity index (χ0n) is 8.52. The SMILES string of the molecule is CC(O)(c1cccc(C(F)(F)F)c1)C(F)(F)Br. The fourth-order valence-electron chi connectivity index (χ4n) is 1.16. The summed E-state index contributed by atoms with van der Waals surface area (Å²) in [6.07, 6.45) is -4.65. The Hall–Kier alpha value is -0.690. The van der Waals surface area contributed by atoms with E-state index < -0.39 is 27.7 Å². The standard InChI is InChI=1S/C10H8BrF5O/c1-8(17,10(11,15)16)6-3-2-4-7(5-6)9(12,13)14/h2-5,17H,1H3. The van der Waals surface area contributed by atoms with Gasteiger partial charge in [-0.2, -0.15) is 22.0 Å². The number of hydrogen-bond acceptors (Lipinski definition) is 1. The minimum atomic E-state index is -4.65. The molecule has 1 atom stereocenters. The summed E-state index contributed by atoms with van der Waals surface area (Å²) in [5.74, 6) is 0. The summed E-state index contributed by atoms with van der Waals surface area (Å²) in [4.78, 5) is -3.73. The van der Waals surface area contributed by atoms with Crippen LogP contribution in [-0.4, -0.2) is 9.94 Å². The lowest BCUT2D eigenvalue weighted by Gasteiger charge is -2.29. The van der Waals surface area contributed by atoms with E-state index in [1.54, 1.807) is 0 Å². The van der Waals surface area contributed by atoms with Gasteiger partial charge in [-0.25, -0.2) is 0 Å². The molecule has 1 nitrogen and oxygen atoms in total. The highest BCUT2D eigenvalue weighted by atomic mass is 79.9. The number of benzene rings is 1. The Morgan fingerprint density at radius 2 is 1.53 bits per heavy atom. The molecular formula is C10H8BrF5O. The van der Waals surface area contributed by atoms with Gasteiger partial charge in [-0.1, -0.05) is 12.1 Å². The average molecular weight is 319 g/mol. The lowest BCUT2D eigenvalue weighted by molar-refractivity contribution is -0.138. The molecule has 7 heteroatoms. The topological polar surface area (TPSA) is 20.2 Å². The van der Waals surface area contributed by atoms with E-state index in [9.17, 15) is 27.1 Å². The Morgan fingerprint density at radius 3 is 1.94 bits per heavy atom. The van der Waals surface area contributed by atoms with Gasteiger partial charge in [0, 0.05) is 0 Å². The molecule has 17 heavy (non-hydrogen) atoms. The first-order chi connectivity index (χ1) is 7.46. The third-order valence-corrected chi connectivity index (χ3v) is 3.08. The number of aliphatic hydroxyl groups is 1. The first kappa shape index (κ1) is 14.4. The fourth-order valence-corrected chi connectivity index (χ4v) is 1.39. The Labute approximate surface area is 102 Å². The van der Waals surface area contributed by atoms with Crippen LogP contribution in [0.25, 0.3) is 0 Å². The van der Waals surface area contributed by atoms with Crippen LogP contribution in [0.5, 0.6) is 0 Å². The van der Waals surface area contributed by atoms with E-state index in [1.165, 1.54) is 0 Å². The summed E-state index contributed by atoms with van der Waals surface area (Å²) in [5, 5.41) is 9.55. The maximum absolute atomic E-state index is 13.0. The molecule has 0 saturated heterocycles. The lowest BCUT2D eigenvalue weighted by Crippen LogP contribution is -2.38.